The summed E-state index contributed by atoms with van der Waals surface area (Å²) in [6.07, 6.45) is 0. The molecular weight excluding hydrogens is 1470 g/mol. The van der Waals surface area contributed by atoms with Crippen LogP contribution in [-0.4, -0.2) is 0 Å². The minimum absolute atomic E-state index is 0.0455. The second kappa shape index (κ2) is 29.7. The highest BCUT2D eigenvalue weighted by Crippen LogP contribution is 2.52. The summed E-state index contributed by atoms with van der Waals surface area (Å²) in [6, 6.07) is 133. The van der Waals surface area contributed by atoms with E-state index in [0.717, 1.165) is 165 Å². The Morgan fingerprint density at radius 1 is 0.157 bits per heavy atom. The van der Waals surface area contributed by atoms with Crippen molar-refractivity contribution in [2.24, 2.45) is 0 Å². The Kier molecular flexibility index (Phi) is 15.1. The molecular formula is C118H74O3. The van der Waals surface area contributed by atoms with E-state index in [1.807, 2.05) is 140 Å². The smallest absolute Gasteiger partial charge is 0.143 e. The third-order valence-electron chi connectivity index (χ3n) is 24.0. The maximum Gasteiger partial charge on any atom is 0.143 e. The summed E-state index contributed by atoms with van der Waals surface area (Å²) in [4.78, 5) is 0. The summed E-state index contributed by atoms with van der Waals surface area (Å²) in [7, 11) is 0. The molecule has 3 heterocycles. The summed E-state index contributed by atoms with van der Waals surface area (Å²) in [5.74, 6) is 0. The van der Waals surface area contributed by atoms with Crippen molar-refractivity contribution in [2.75, 3.05) is 0 Å². The van der Waals surface area contributed by atoms with Crippen LogP contribution in [0.5, 0.6) is 0 Å². The fourth-order valence-corrected chi connectivity index (χ4v) is 18.9. The van der Waals surface area contributed by atoms with Gasteiger partial charge in [0.05, 0.1) is 12.3 Å². The van der Waals surface area contributed by atoms with Gasteiger partial charge in [0.25, 0.3) is 0 Å². The zero-order valence-electron chi connectivity index (χ0n) is 74.3. The molecule has 0 saturated carbocycles. The standard InChI is InChI=1S/C42H26O.2C38H24O/c1-2-13-28(14-3-1)40-32-17-6-8-19-34(32)41(35-20-9-7-18-33(35)40)37-22-11-23-38-42(37)36-25-24-29(26-39(36)43-38)31-21-10-15-27-12-4-5-16-30(27)31;1-3-13-25(14-4-1)27-21-11-23-33-37-32(22-12-24-34(37)39-38(27)33)36-30-19-9-7-17-28(30)35(26-15-5-2-6-16-26)29-18-8-10-20-31(29)36;1-3-12-25(13-4-1)28-20-11-21-33-34-24-27(22-23-35(34)39-38(28)33)37-31-18-9-7-16-29(31)36(26-14-5-2-6-15-26)30-17-8-10-19-32(30)37/h1-26H;2*1-24H/i6D,8D,17D,19D;;2D,5D,6D,14D,15D. The molecule has 0 atom stereocenters. The van der Waals surface area contributed by atoms with Crippen LogP contribution in [0.15, 0.2) is 462 Å². The van der Waals surface area contributed by atoms with Crippen molar-refractivity contribution < 1.29 is 25.6 Å². The van der Waals surface area contributed by atoms with Crippen LogP contribution < -0.4 is 0 Å². The number of hydrogen-bond acceptors (Lipinski definition) is 3. The van der Waals surface area contributed by atoms with Crippen LogP contribution in [0.4, 0.5) is 0 Å². The van der Waals surface area contributed by atoms with Gasteiger partial charge in [-0.25, -0.2) is 0 Å². The molecule has 564 valence electrons. The van der Waals surface area contributed by atoms with Gasteiger partial charge < -0.3 is 13.3 Å². The Balaban J connectivity index is 0.000000112. The number of benzene rings is 22. The Bertz CT molecular complexity index is 8820. The zero-order valence-corrected chi connectivity index (χ0v) is 65.3. The average Bonchev–Trinajstić information content (AvgIpc) is 0.985. The van der Waals surface area contributed by atoms with Crippen LogP contribution in [0.3, 0.4) is 0 Å². The van der Waals surface area contributed by atoms with Crippen molar-refractivity contribution in [3.8, 4) is 100 Å². The summed E-state index contributed by atoms with van der Waals surface area (Å²) >= 11 is 0. The highest BCUT2D eigenvalue weighted by molar-refractivity contribution is 6.29. The first-order valence-electron chi connectivity index (χ1n) is 45.3. The molecule has 0 bridgehead atoms. The molecule has 0 saturated heterocycles. The van der Waals surface area contributed by atoms with Crippen molar-refractivity contribution in [2.45, 2.75) is 0 Å². The molecule has 0 aliphatic rings. The van der Waals surface area contributed by atoms with E-state index in [1.54, 1.807) is 0 Å². The topological polar surface area (TPSA) is 39.4 Å². The number of hydrogen-bond donors (Lipinski definition) is 0. The summed E-state index contributed by atoms with van der Waals surface area (Å²) in [5.41, 5.74) is 22.7. The molecule has 3 heteroatoms. The first-order chi connectivity index (χ1) is 63.8. The van der Waals surface area contributed by atoms with E-state index in [1.165, 1.54) is 54.6 Å². The third kappa shape index (κ3) is 12.0. The van der Waals surface area contributed by atoms with E-state index in [4.69, 9.17) is 24.2 Å². The Morgan fingerprint density at radius 2 is 0.504 bits per heavy atom. The van der Waals surface area contributed by atoms with Gasteiger partial charge in [0.2, 0.25) is 0 Å². The van der Waals surface area contributed by atoms with E-state index in [-0.39, 0.29) is 53.9 Å². The first kappa shape index (κ1) is 61.5. The Hall–Kier alpha value is -15.9. The second-order valence-corrected chi connectivity index (χ2v) is 30.7. The highest BCUT2D eigenvalue weighted by Gasteiger charge is 2.26. The molecule has 0 aliphatic carbocycles. The molecule has 3 nitrogen and oxygen atoms in total. The van der Waals surface area contributed by atoms with Gasteiger partial charge in [-0.05, 0) is 201 Å². The number of rotatable bonds is 9. The number of fused-ring (bicyclic) bond motifs is 16. The predicted molar refractivity (Wildman–Crippen MR) is 513 cm³/mol. The van der Waals surface area contributed by atoms with E-state index in [0.29, 0.717) is 16.3 Å². The summed E-state index contributed by atoms with van der Waals surface area (Å²) in [5, 5.41) is 19.9. The molecule has 0 aliphatic heterocycles. The largest absolute Gasteiger partial charge is 0.456 e. The van der Waals surface area contributed by atoms with E-state index in [9.17, 15) is 1.37 Å². The fraction of sp³-hybridized carbons (Fsp3) is 0. The zero-order chi connectivity index (χ0) is 87.7. The average molecular weight is 1550 g/mol. The molecule has 25 rings (SSSR count). The van der Waals surface area contributed by atoms with Gasteiger partial charge in [-0.2, -0.15) is 0 Å². The lowest BCUT2D eigenvalue weighted by Gasteiger charge is -2.18. The minimum Gasteiger partial charge on any atom is -0.456 e. The SMILES string of the molecule is [2H]c1c([2H])c([2H])c(-c2c3ccccc3c(-c3ccc4oc5c(-c6ccccc6)cccc5c4c3)c3ccccc23)c([2H])c1[2H].[2H]c1c([2H])c([2H])c2c(-c3cccc4oc5cc(-c6cccc7ccccc67)ccc5c34)c3ccccc3c(-c3ccccc3)c2c1[2H].c1ccc(-c2c3ccccc3c(-c3cccc4oc5c(-c6ccccc6)cccc5c34)c3ccccc23)cc1. The fourth-order valence-electron chi connectivity index (χ4n) is 18.9. The van der Waals surface area contributed by atoms with Crippen LogP contribution in [0, 0.1) is 0 Å². The van der Waals surface area contributed by atoms with Crippen molar-refractivity contribution in [1.29, 1.82) is 0 Å². The van der Waals surface area contributed by atoms with Crippen molar-refractivity contribution in [3.05, 3.63) is 449 Å². The molecule has 0 spiro atoms. The first-order valence-corrected chi connectivity index (χ1v) is 40.8. The van der Waals surface area contributed by atoms with Gasteiger partial charge in [0, 0.05) is 43.4 Å². The molecule has 0 unspecified atom stereocenters. The minimum atomic E-state index is -0.398. The molecule has 0 radical (unpaired) electrons. The maximum atomic E-state index is 9.26. The number of furan rings is 3. The van der Waals surface area contributed by atoms with Gasteiger partial charge in [-0.1, -0.05) is 412 Å². The molecule has 0 fully saturated rings. The summed E-state index contributed by atoms with van der Waals surface area (Å²) in [6.45, 7) is 0. The van der Waals surface area contributed by atoms with E-state index in [2.05, 4.69) is 255 Å². The number of para-hydroxylation sites is 2. The molecule has 3 aromatic heterocycles. The monoisotopic (exact) mass is 1550 g/mol. The van der Waals surface area contributed by atoms with Crippen LogP contribution >= 0.6 is 0 Å². The van der Waals surface area contributed by atoms with Gasteiger partial charge in [0.1, 0.15) is 33.5 Å². The molecule has 121 heavy (non-hydrogen) atoms. The lowest BCUT2D eigenvalue weighted by Crippen LogP contribution is -1.91. The second-order valence-electron chi connectivity index (χ2n) is 30.7. The quantitative estimate of drug-likeness (QED) is 0.135. The van der Waals surface area contributed by atoms with Crippen LogP contribution in [0.25, 0.3) is 241 Å². The van der Waals surface area contributed by atoms with Gasteiger partial charge in [-0.15, -0.1) is 0 Å². The molecule has 0 amide bonds. The maximum absolute atomic E-state index is 9.26. The molecule has 22 aromatic carbocycles. The lowest BCUT2D eigenvalue weighted by molar-refractivity contribution is 0.669. The lowest BCUT2D eigenvalue weighted by atomic mass is 9.85. The van der Waals surface area contributed by atoms with Crippen molar-refractivity contribution in [1.82, 2.24) is 0 Å². The normalized spacial score (nSPS) is 12.7. The highest BCUT2D eigenvalue weighted by atomic mass is 16.3. The van der Waals surface area contributed by atoms with E-state index < -0.39 is 6.04 Å². The summed E-state index contributed by atoms with van der Waals surface area (Å²) < 4.78 is 97.9. The van der Waals surface area contributed by atoms with Crippen LogP contribution in [0.2, 0.25) is 0 Å². The predicted octanol–water partition coefficient (Wildman–Crippen LogP) is 33.8. The molecule has 0 N–H and O–H groups in total. The van der Waals surface area contributed by atoms with E-state index >= 15 is 0 Å². The third-order valence-corrected chi connectivity index (χ3v) is 24.0. The Labute approximate surface area is 711 Å². The van der Waals surface area contributed by atoms with Gasteiger partial charge in [0.15, 0.2) is 0 Å². The Morgan fingerprint density at radius 3 is 1.04 bits per heavy atom. The van der Waals surface area contributed by atoms with Crippen LogP contribution in [0.1, 0.15) is 12.3 Å². The molecule has 25 aromatic rings. The van der Waals surface area contributed by atoms with Crippen LogP contribution in [-0.2, 0) is 0 Å². The van der Waals surface area contributed by atoms with Crippen molar-refractivity contribution in [3.63, 3.8) is 0 Å². The van der Waals surface area contributed by atoms with Crippen molar-refractivity contribution >= 4 is 141 Å². The van der Waals surface area contributed by atoms with Gasteiger partial charge in [-0.3, -0.25) is 0 Å². The van der Waals surface area contributed by atoms with Gasteiger partial charge >= 0.3 is 0 Å².